The summed E-state index contributed by atoms with van der Waals surface area (Å²) in [6.45, 7) is 3.31. The van der Waals surface area contributed by atoms with E-state index in [0.717, 1.165) is 0 Å². The zero-order chi connectivity index (χ0) is 7.61. The minimum Gasteiger partial charge on any atom is -0.382 e. The normalized spacial score (nSPS) is 11.5. The molecule has 0 aliphatic heterocycles. The van der Waals surface area contributed by atoms with Crippen molar-refractivity contribution >= 4 is 0 Å². The van der Waals surface area contributed by atoms with Crippen molar-refractivity contribution in [2.24, 2.45) is 0 Å². The van der Waals surface area contributed by atoms with Crippen LogP contribution in [0.4, 0.5) is 0 Å². The largest absolute Gasteiger partial charge is 0.382 e. The predicted molar refractivity (Wildman–Crippen MR) is 37.3 cm³/mol. The summed E-state index contributed by atoms with van der Waals surface area (Å²) in [5, 5.41) is 9.36. The highest BCUT2D eigenvalue weighted by molar-refractivity contribution is 4.97. The van der Waals surface area contributed by atoms with Crippen LogP contribution in [0.15, 0.2) is 18.5 Å². The Kier molecular flexibility index (Phi) is 1.68. The Balaban J connectivity index is 2.97. The molecule has 3 heteroatoms. The lowest BCUT2D eigenvalue weighted by atomic mass is 10.1. The van der Waals surface area contributed by atoms with Crippen molar-refractivity contribution in [3.8, 4) is 0 Å². The van der Waals surface area contributed by atoms with E-state index in [9.17, 15) is 5.11 Å². The summed E-state index contributed by atoms with van der Waals surface area (Å²) in [4.78, 5) is 7.78. The smallest absolute Gasteiger partial charge is 0.159 e. The van der Waals surface area contributed by atoms with E-state index in [-0.39, 0.29) is 0 Å². The van der Waals surface area contributed by atoms with Crippen LogP contribution in [-0.2, 0) is 5.60 Å². The summed E-state index contributed by atoms with van der Waals surface area (Å²) in [7, 11) is 0. The van der Waals surface area contributed by atoms with Gasteiger partial charge in [-0.05, 0) is 19.9 Å². The van der Waals surface area contributed by atoms with Gasteiger partial charge in [0, 0.05) is 12.4 Å². The third kappa shape index (κ3) is 1.51. The fourth-order valence-electron chi connectivity index (χ4n) is 0.615. The summed E-state index contributed by atoms with van der Waals surface area (Å²) in [6, 6.07) is 1.72. The molecule has 1 rings (SSSR count). The summed E-state index contributed by atoms with van der Waals surface area (Å²) in [5.74, 6) is 0.454. The Bertz CT molecular complexity index is 203. The van der Waals surface area contributed by atoms with Gasteiger partial charge in [0.25, 0.3) is 0 Å². The molecule has 1 heterocycles. The van der Waals surface area contributed by atoms with Crippen LogP contribution in [0.1, 0.15) is 19.7 Å². The molecule has 1 N–H and O–H groups in total. The van der Waals surface area contributed by atoms with Gasteiger partial charge in [-0.3, -0.25) is 0 Å². The Morgan fingerprint density at radius 1 is 1.30 bits per heavy atom. The third-order valence-corrected chi connectivity index (χ3v) is 1.11. The first kappa shape index (κ1) is 7.15. The zero-order valence-electron chi connectivity index (χ0n) is 6.07. The SMILES string of the molecule is CC(C)(O)c1ncccn1. The molecule has 0 saturated carbocycles. The average molecular weight is 138 g/mol. The van der Waals surface area contributed by atoms with E-state index in [0.29, 0.717) is 5.82 Å². The van der Waals surface area contributed by atoms with E-state index in [1.165, 1.54) is 0 Å². The maximum absolute atomic E-state index is 9.36. The number of hydrogen-bond donors (Lipinski definition) is 1. The Labute approximate surface area is 59.8 Å². The number of aromatic nitrogens is 2. The van der Waals surface area contributed by atoms with E-state index in [2.05, 4.69) is 9.97 Å². The van der Waals surface area contributed by atoms with E-state index in [1.807, 2.05) is 0 Å². The lowest BCUT2D eigenvalue weighted by molar-refractivity contribution is 0.0687. The highest BCUT2D eigenvalue weighted by atomic mass is 16.3. The van der Waals surface area contributed by atoms with Crippen LogP contribution in [0.2, 0.25) is 0 Å². The van der Waals surface area contributed by atoms with Crippen LogP contribution < -0.4 is 0 Å². The van der Waals surface area contributed by atoms with Crippen LogP contribution in [0, 0.1) is 0 Å². The zero-order valence-corrected chi connectivity index (χ0v) is 6.07. The van der Waals surface area contributed by atoms with Gasteiger partial charge < -0.3 is 5.11 Å². The Hall–Kier alpha value is -0.960. The van der Waals surface area contributed by atoms with Crippen LogP contribution in [0.3, 0.4) is 0 Å². The minimum absolute atomic E-state index is 0.454. The topological polar surface area (TPSA) is 46.0 Å². The van der Waals surface area contributed by atoms with E-state index >= 15 is 0 Å². The molecule has 0 aliphatic carbocycles. The van der Waals surface area contributed by atoms with Crippen molar-refractivity contribution < 1.29 is 5.11 Å². The predicted octanol–water partition coefficient (Wildman–Crippen LogP) is 0.704. The van der Waals surface area contributed by atoms with Gasteiger partial charge >= 0.3 is 0 Å². The first-order valence-corrected chi connectivity index (χ1v) is 3.10. The van der Waals surface area contributed by atoms with Crippen LogP contribution in [-0.4, -0.2) is 15.1 Å². The lowest BCUT2D eigenvalue weighted by Gasteiger charge is -2.13. The van der Waals surface area contributed by atoms with Gasteiger partial charge in [0.05, 0.1) is 0 Å². The first-order valence-electron chi connectivity index (χ1n) is 3.10. The fraction of sp³-hybridized carbons (Fsp3) is 0.429. The van der Waals surface area contributed by atoms with Crippen molar-refractivity contribution in [3.05, 3.63) is 24.3 Å². The van der Waals surface area contributed by atoms with Crippen molar-refractivity contribution in [1.29, 1.82) is 0 Å². The highest BCUT2D eigenvalue weighted by Crippen LogP contribution is 2.12. The number of aliphatic hydroxyl groups is 1. The summed E-state index contributed by atoms with van der Waals surface area (Å²) >= 11 is 0. The van der Waals surface area contributed by atoms with Crippen LogP contribution >= 0.6 is 0 Å². The van der Waals surface area contributed by atoms with Gasteiger partial charge in [0.2, 0.25) is 0 Å². The molecule has 0 atom stereocenters. The second kappa shape index (κ2) is 2.34. The molecule has 54 valence electrons. The molecule has 3 nitrogen and oxygen atoms in total. The van der Waals surface area contributed by atoms with Crippen molar-refractivity contribution in [2.75, 3.05) is 0 Å². The molecule has 0 radical (unpaired) electrons. The molecule has 0 unspecified atom stereocenters. The standard InChI is InChI=1S/C7H10N2O/c1-7(2,10)6-8-4-3-5-9-6/h3-5,10H,1-2H3. The van der Waals surface area contributed by atoms with E-state index < -0.39 is 5.60 Å². The van der Waals surface area contributed by atoms with Gasteiger partial charge in [0.1, 0.15) is 5.60 Å². The molecule has 0 aromatic carbocycles. The van der Waals surface area contributed by atoms with Gasteiger partial charge in [-0.2, -0.15) is 0 Å². The number of nitrogens with zero attached hydrogens (tertiary/aromatic N) is 2. The van der Waals surface area contributed by atoms with Gasteiger partial charge in [-0.25, -0.2) is 9.97 Å². The summed E-state index contributed by atoms with van der Waals surface area (Å²) < 4.78 is 0. The van der Waals surface area contributed by atoms with Crippen LogP contribution in [0.5, 0.6) is 0 Å². The fourth-order valence-corrected chi connectivity index (χ4v) is 0.615. The van der Waals surface area contributed by atoms with E-state index in [1.54, 1.807) is 32.3 Å². The van der Waals surface area contributed by atoms with Crippen LogP contribution in [0.25, 0.3) is 0 Å². The molecule has 1 aromatic heterocycles. The molecule has 0 saturated heterocycles. The van der Waals surface area contributed by atoms with E-state index in [4.69, 9.17) is 0 Å². The molecular weight excluding hydrogens is 128 g/mol. The summed E-state index contributed by atoms with van der Waals surface area (Å²) in [6.07, 6.45) is 3.22. The third-order valence-electron chi connectivity index (χ3n) is 1.11. The molecule has 10 heavy (non-hydrogen) atoms. The van der Waals surface area contributed by atoms with Gasteiger partial charge in [-0.1, -0.05) is 0 Å². The first-order chi connectivity index (χ1) is 4.61. The minimum atomic E-state index is -0.929. The van der Waals surface area contributed by atoms with Crippen molar-refractivity contribution in [1.82, 2.24) is 9.97 Å². The quantitative estimate of drug-likeness (QED) is 0.621. The van der Waals surface area contributed by atoms with Gasteiger partial charge in [-0.15, -0.1) is 0 Å². The molecular formula is C7H10N2O. The van der Waals surface area contributed by atoms with Crippen molar-refractivity contribution in [2.45, 2.75) is 19.4 Å². The molecule has 0 fully saturated rings. The Morgan fingerprint density at radius 2 is 1.80 bits per heavy atom. The second-order valence-electron chi connectivity index (χ2n) is 2.63. The summed E-state index contributed by atoms with van der Waals surface area (Å²) in [5.41, 5.74) is -0.929. The lowest BCUT2D eigenvalue weighted by Crippen LogP contribution is -2.18. The highest BCUT2D eigenvalue weighted by Gasteiger charge is 2.17. The maximum Gasteiger partial charge on any atom is 0.159 e. The maximum atomic E-state index is 9.36. The average Bonchev–Trinajstić information content (AvgIpc) is 1.88. The second-order valence-corrected chi connectivity index (χ2v) is 2.63. The molecule has 0 amide bonds. The number of hydrogen-bond acceptors (Lipinski definition) is 3. The monoisotopic (exact) mass is 138 g/mol. The molecule has 1 aromatic rings. The number of rotatable bonds is 1. The Morgan fingerprint density at radius 3 is 2.10 bits per heavy atom. The molecule has 0 spiro atoms. The molecule has 0 aliphatic rings. The van der Waals surface area contributed by atoms with Crippen molar-refractivity contribution in [3.63, 3.8) is 0 Å². The molecule has 0 bridgehead atoms. The van der Waals surface area contributed by atoms with Gasteiger partial charge in [0.15, 0.2) is 5.82 Å².